The van der Waals surface area contributed by atoms with E-state index in [0.29, 0.717) is 0 Å². The summed E-state index contributed by atoms with van der Waals surface area (Å²) in [6.07, 6.45) is 0. The fraction of sp³-hybridized carbons (Fsp3) is 0. The van der Waals surface area contributed by atoms with Crippen LogP contribution in [0.15, 0.2) is 158 Å². The molecule has 0 N–H and O–H groups in total. The highest BCUT2D eigenvalue weighted by molar-refractivity contribution is 7.27. The van der Waals surface area contributed by atoms with Crippen LogP contribution in [0.25, 0.3) is 96.7 Å². The van der Waals surface area contributed by atoms with Crippen LogP contribution in [0.5, 0.6) is 0 Å². The first-order valence-corrected chi connectivity index (χ1v) is 16.9. The van der Waals surface area contributed by atoms with Gasteiger partial charge in [-0.05, 0) is 70.1 Å². The SMILES string of the molecule is c1ccc2cc(-n3c4ccc(-n5c6ccccc6c6ccccc65)cc4c4c5ccccc5c5c6ccccc6sc5c43)ccc2c1. The predicted molar refractivity (Wildman–Crippen MR) is 203 cm³/mol. The van der Waals surface area contributed by atoms with Gasteiger partial charge in [0.1, 0.15) is 0 Å². The Kier molecular flexibility index (Phi) is 5.02. The average molecular weight is 615 g/mol. The lowest BCUT2D eigenvalue weighted by Crippen LogP contribution is -1.96. The molecule has 0 saturated heterocycles. The van der Waals surface area contributed by atoms with Gasteiger partial charge in [-0.15, -0.1) is 11.3 Å². The molecule has 3 heterocycles. The van der Waals surface area contributed by atoms with E-state index >= 15 is 0 Å². The van der Waals surface area contributed by atoms with Crippen molar-refractivity contribution in [1.82, 2.24) is 9.13 Å². The quantitative estimate of drug-likeness (QED) is 0.183. The average Bonchev–Trinajstić information content (AvgIpc) is 3.79. The third-order valence-electron chi connectivity index (χ3n) is 10.1. The summed E-state index contributed by atoms with van der Waals surface area (Å²) in [5, 5.41) is 12.9. The third kappa shape index (κ3) is 3.39. The van der Waals surface area contributed by atoms with Crippen LogP contribution < -0.4 is 0 Å². The largest absolute Gasteiger partial charge is 0.309 e. The van der Waals surface area contributed by atoms with Gasteiger partial charge in [0.2, 0.25) is 0 Å². The lowest BCUT2D eigenvalue weighted by Gasteiger charge is -2.12. The summed E-state index contributed by atoms with van der Waals surface area (Å²) in [5.74, 6) is 0. The van der Waals surface area contributed by atoms with Crippen molar-refractivity contribution in [3.8, 4) is 11.4 Å². The molecule has 0 amide bonds. The second-order valence-electron chi connectivity index (χ2n) is 12.5. The minimum Gasteiger partial charge on any atom is -0.309 e. The maximum absolute atomic E-state index is 2.52. The summed E-state index contributed by atoms with van der Waals surface area (Å²) in [6.45, 7) is 0. The summed E-state index contributed by atoms with van der Waals surface area (Å²) in [7, 11) is 0. The van der Waals surface area contributed by atoms with Gasteiger partial charge in [-0.25, -0.2) is 0 Å². The predicted octanol–water partition coefficient (Wildman–Crippen LogP) is 12.6. The van der Waals surface area contributed by atoms with E-state index in [1.807, 2.05) is 11.3 Å². The molecule has 218 valence electrons. The van der Waals surface area contributed by atoms with Crippen LogP contribution in [0.3, 0.4) is 0 Å². The molecule has 0 aliphatic rings. The molecule has 0 spiro atoms. The third-order valence-corrected chi connectivity index (χ3v) is 11.2. The van der Waals surface area contributed by atoms with Crippen LogP contribution in [0.2, 0.25) is 0 Å². The monoisotopic (exact) mass is 614 g/mol. The van der Waals surface area contributed by atoms with Crippen molar-refractivity contribution in [3.05, 3.63) is 158 Å². The van der Waals surface area contributed by atoms with Crippen LogP contribution in [0.4, 0.5) is 0 Å². The number of nitrogens with zero attached hydrogens (tertiary/aromatic N) is 2. The molecule has 11 aromatic rings. The van der Waals surface area contributed by atoms with Crippen LogP contribution >= 0.6 is 11.3 Å². The normalized spacial score (nSPS) is 12.3. The summed E-state index contributed by atoms with van der Waals surface area (Å²) < 4.78 is 7.62. The Balaban J connectivity index is 1.36. The molecule has 3 heteroatoms. The van der Waals surface area contributed by atoms with E-state index in [2.05, 4.69) is 167 Å². The molecular formula is C44H26N2S. The lowest BCUT2D eigenvalue weighted by molar-refractivity contribution is 1.17. The Morgan fingerprint density at radius 3 is 1.68 bits per heavy atom. The maximum atomic E-state index is 2.52. The number of aromatic nitrogens is 2. The number of fused-ring (bicyclic) bond motifs is 14. The van der Waals surface area contributed by atoms with Gasteiger partial charge in [0, 0.05) is 48.4 Å². The molecule has 3 aromatic heterocycles. The van der Waals surface area contributed by atoms with Gasteiger partial charge in [0.05, 0.1) is 26.8 Å². The Bertz CT molecular complexity index is 3030. The number of benzene rings is 8. The molecule has 11 rings (SSSR count). The van der Waals surface area contributed by atoms with Crippen molar-refractivity contribution < 1.29 is 0 Å². The van der Waals surface area contributed by atoms with Gasteiger partial charge in [-0.3, -0.25) is 0 Å². The van der Waals surface area contributed by atoms with Crippen molar-refractivity contribution in [2.45, 2.75) is 0 Å². The Morgan fingerprint density at radius 1 is 0.362 bits per heavy atom. The number of rotatable bonds is 2. The Morgan fingerprint density at radius 2 is 0.915 bits per heavy atom. The van der Waals surface area contributed by atoms with Crippen molar-refractivity contribution >= 4 is 96.7 Å². The second kappa shape index (κ2) is 9.32. The zero-order chi connectivity index (χ0) is 30.6. The molecule has 2 nitrogen and oxygen atoms in total. The fourth-order valence-corrected chi connectivity index (χ4v) is 9.35. The van der Waals surface area contributed by atoms with Gasteiger partial charge in [0.25, 0.3) is 0 Å². The van der Waals surface area contributed by atoms with Crippen molar-refractivity contribution in [2.24, 2.45) is 0 Å². The zero-order valence-corrected chi connectivity index (χ0v) is 26.1. The molecular weight excluding hydrogens is 589 g/mol. The molecule has 0 aliphatic carbocycles. The molecule has 0 saturated carbocycles. The number of hydrogen-bond acceptors (Lipinski definition) is 1. The molecule has 0 atom stereocenters. The minimum absolute atomic E-state index is 1.17. The number of hydrogen-bond donors (Lipinski definition) is 0. The molecule has 47 heavy (non-hydrogen) atoms. The molecule has 0 unspecified atom stereocenters. The minimum atomic E-state index is 1.17. The Labute approximate surface area is 273 Å². The summed E-state index contributed by atoms with van der Waals surface area (Å²) in [5.41, 5.74) is 7.31. The van der Waals surface area contributed by atoms with Crippen LogP contribution in [0, 0.1) is 0 Å². The van der Waals surface area contributed by atoms with Gasteiger partial charge >= 0.3 is 0 Å². The maximum Gasteiger partial charge on any atom is 0.0726 e. The van der Waals surface area contributed by atoms with E-state index in [-0.39, 0.29) is 0 Å². The van der Waals surface area contributed by atoms with E-state index in [9.17, 15) is 0 Å². The van der Waals surface area contributed by atoms with Crippen LogP contribution in [-0.4, -0.2) is 9.13 Å². The number of thiophene rings is 1. The van der Waals surface area contributed by atoms with E-state index in [1.165, 1.54) is 96.7 Å². The van der Waals surface area contributed by atoms with Crippen LogP contribution in [-0.2, 0) is 0 Å². The van der Waals surface area contributed by atoms with E-state index in [1.54, 1.807) is 0 Å². The highest BCUT2D eigenvalue weighted by Gasteiger charge is 2.23. The second-order valence-corrected chi connectivity index (χ2v) is 13.6. The van der Waals surface area contributed by atoms with E-state index in [4.69, 9.17) is 0 Å². The summed E-state index contributed by atoms with van der Waals surface area (Å²) >= 11 is 1.91. The molecule has 8 aromatic carbocycles. The smallest absolute Gasteiger partial charge is 0.0726 e. The van der Waals surface area contributed by atoms with Crippen molar-refractivity contribution in [2.75, 3.05) is 0 Å². The summed E-state index contributed by atoms with van der Waals surface area (Å²) in [4.78, 5) is 0. The van der Waals surface area contributed by atoms with Gasteiger partial charge in [-0.1, -0.05) is 109 Å². The molecule has 0 fully saturated rings. The first-order valence-electron chi connectivity index (χ1n) is 16.1. The van der Waals surface area contributed by atoms with E-state index < -0.39 is 0 Å². The topological polar surface area (TPSA) is 9.86 Å². The van der Waals surface area contributed by atoms with Gasteiger partial charge in [0.15, 0.2) is 0 Å². The lowest BCUT2D eigenvalue weighted by atomic mass is 9.98. The van der Waals surface area contributed by atoms with Gasteiger partial charge in [-0.2, -0.15) is 0 Å². The van der Waals surface area contributed by atoms with Crippen molar-refractivity contribution in [3.63, 3.8) is 0 Å². The molecule has 0 bridgehead atoms. The fourth-order valence-electron chi connectivity index (χ4n) is 8.09. The summed E-state index contributed by atoms with van der Waals surface area (Å²) in [6, 6.07) is 58.1. The first kappa shape index (κ1) is 25.3. The zero-order valence-electron chi connectivity index (χ0n) is 25.3. The van der Waals surface area contributed by atoms with Crippen LogP contribution in [0.1, 0.15) is 0 Å². The van der Waals surface area contributed by atoms with Crippen molar-refractivity contribution in [1.29, 1.82) is 0 Å². The van der Waals surface area contributed by atoms with E-state index in [0.717, 1.165) is 0 Å². The molecule has 0 radical (unpaired) electrons. The molecule has 0 aliphatic heterocycles. The standard InChI is InChI=1S/C44H26N2S/c1-2-12-28-25-29(22-21-27(28)11-1)46-39-24-23-30(45-37-18-8-5-13-31(37)32-14-6-9-19-38(32)45)26-36(39)41-33-15-3-4-16-34(33)42-35-17-7-10-20-40(35)47-44(42)43(41)46/h1-26H. The first-order chi connectivity index (χ1) is 23.3. The highest BCUT2D eigenvalue weighted by Crippen LogP contribution is 2.48. The Hall–Kier alpha value is -5.90. The highest BCUT2D eigenvalue weighted by atomic mass is 32.1. The van der Waals surface area contributed by atoms with Gasteiger partial charge < -0.3 is 9.13 Å². The number of para-hydroxylation sites is 2.